The molecule has 1 amide bonds. The molecule has 0 aliphatic rings. The van der Waals surface area contributed by atoms with Crippen molar-refractivity contribution in [2.75, 3.05) is 13.2 Å². The maximum Gasteiger partial charge on any atom is 0.277 e. The molecule has 0 bridgehead atoms. The molecule has 23 heavy (non-hydrogen) atoms. The van der Waals surface area contributed by atoms with E-state index in [1.54, 1.807) is 13.0 Å². The van der Waals surface area contributed by atoms with Gasteiger partial charge in [0.2, 0.25) is 5.91 Å². The van der Waals surface area contributed by atoms with Gasteiger partial charge in [-0.05, 0) is 38.3 Å². The lowest BCUT2D eigenvalue weighted by Crippen LogP contribution is -2.24. The topological polar surface area (TPSA) is 107 Å². The van der Waals surface area contributed by atoms with E-state index in [2.05, 4.69) is 5.32 Å². The summed E-state index contributed by atoms with van der Waals surface area (Å²) in [5.41, 5.74) is 7.01. The summed E-state index contributed by atoms with van der Waals surface area (Å²) >= 11 is 0. The number of nitrogens with two attached hydrogens (primary N) is 1. The molecule has 0 aromatic heterocycles. The maximum absolute atomic E-state index is 11.5. The highest BCUT2D eigenvalue weighted by atomic mass is 16.6. The van der Waals surface area contributed by atoms with E-state index in [9.17, 15) is 14.9 Å². The Bertz CT molecular complexity index is 559. The summed E-state index contributed by atoms with van der Waals surface area (Å²) in [5, 5.41) is 13.9. The molecule has 0 saturated carbocycles. The quantitative estimate of drug-likeness (QED) is 0.412. The second-order valence-electron chi connectivity index (χ2n) is 5.52. The van der Waals surface area contributed by atoms with Crippen LogP contribution in [-0.2, 0) is 4.79 Å². The third-order valence-corrected chi connectivity index (χ3v) is 3.39. The molecule has 1 atom stereocenters. The molecule has 1 unspecified atom stereocenters. The van der Waals surface area contributed by atoms with Crippen LogP contribution in [0.3, 0.4) is 0 Å². The van der Waals surface area contributed by atoms with E-state index >= 15 is 0 Å². The van der Waals surface area contributed by atoms with Crippen molar-refractivity contribution in [3.8, 4) is 5.75 Å². The van der Waals surface area contributed by atoms with Crippen LogP contribution in [0.15, 0.2) is 12.1 Å². The molecular formula is C16H25N3O4. The molecule has 0 saturated heterocycles. The second kappa shape index (κ2) is 9.09. The molecule has 0 spiro atoms. The number of hydrogen-bond acceptors (Lipinski definition) is 5. The lowest BCUT2D eigenvalue weighted by molar-refractivity contribution is -0.385. The van der Waals surface area contributed by atoms with Crippen LogP contribution in [0.2, 0.25) is 0 Å². The van der Waals surface area contributed by atoms with Gasteiger partial charge in [-0.3, -0.25) is 14.9 Å². The molecule has 0 heterocycles. The summed E-state index contributed by atoms with van der Waals surface area (Å²) in [5.74, 6) is 0.445. The largest absolute Gasteiger partial charge is 0.493 e. The zero-order chi connectivity index (χ0) is 17.4. The van der Waals surface area contributed by atoms with Crippen LogP contribution in [0.25, 0.3) is 0 Å². The Balaban J connectivity index is 2.65. The van der Waals surface area contributed by atoms with E-state index < -0.39 is 11.0 Å². The molecule has 3 N–H and O–H groups in total. The normalized spacial score (nSPS) is 11.8. The number of carbonyl (C=O) groups excluding carboxylic acids is 1. The zero-order valence-corrected chi connectivity index (χ0v) is 13.9. The van der Waals surface area contributed by atoms with E-state index in [-0.39, 0.29) is 11.6 Å². The van der Waals surface area contributed by atoms with Crippen LogP contribution in [0.5, 0.6) is 5.75 Å². The number of hydrogen-bond donors (Lipinski definition) is 2. The highest BCUT2D eigenvalue weighted by Gasteiger charge is 2.20. The van der Waals surface area contributed by atoms with Gasteiger partial charge in [-0.15, -0.1) is 0 Å². The SMILES string of the molecule is CCCNC(=O)CCCOc1cc([N+](=O)[O-])c(C(C)N)cc1C. The summed E-state index contributed by atoms with van der Waals surface area (Å²) in [6.07, 6.45) is 1.83. The van der Waals surface area contributed by atoms with Crippen molar-refractivity contribution in [1.82, 2.24) is 5.32 Å². The molecule has 128 valence electrons. The van der Waals surface area contributed by atoms with Gasteiger partial charge >= 0.3 is 0 Å². The fraction of sp³-hybridized carbons (Fsp3) is 0.562. The standard InChI is InChI=1S/C16H25N3O4/c1-4-7-18-16(20)6-5-8-23-15-10-14(19(21)22)13(12(3)17)9-11(15)2/h9-10,12H,4-8,17H2,1-3H3,(H,18,20). The molecule has 0 aliphatic heterocycles. The highest BCUT2D eigenvalue weighted by molar-refractivity contribution is 5.75. The molecule has 7 heteroatoms. The molecule has 7 nitrogen and oxygen atoms in total. The fourth-order valence-electron chi connectivity index (χ4n) is 2.15. The Morgan fingerprint density at radius 1 is 1.48 bits per heavy atom. The summed E-state index contributed by atoms with van der Waals surface area (Å²) in [4.78, 5) is 22.2. The van der Waals surface area contributed by atoms with Gasteiger partial charge in [-0.25, -0.2) is 0 Å². The van der Waals surface area contributed by atoms with Crippen molar-refractivity contribution < 1.29 is 14.5 Å². The van der Waals surface area contributed by atoms with Gasteiger partial charge in [0.25, 0.3) is 5.69 Å². The van der Waals surface area contributed by atoms with Crippen molar-refractivity contribution in [3.05, 3.63) is 33.4 Å². The third-order valence-electron chi connectivity index (χ3n) is 3.39. The van der Waals surface area contributed by atoms with Gasteiger partial charge in [-0.1, -0.05) is 6.92 Å². The van der Waals surface area contributed by atoms with Crippen molar-refractivity contribution in [3.63, 3.8) is 0 Å². The van der Waals surface area contributed by atoms with Crippen LogP contribution in [-0.4, -0.2) is 24.0 Å². The van der Waals surface area contributed by atoms with Crippen molar-refractivity contribution in [2.45, 2.75) is 46.1 Å². The van der Waals surface area contributed by atoms with Gasteiger partial charge < -0.3 is 15.8 Å². The minimum atomic E-state index is -0.455. The zero-order valence-electron chi connectivity index (χ0n) is 13.9. The Kier molecular flexibility index (Phi) is 7.47. The van der Waals surface area contributed by atoms with Crippen LogP contribution in [0.1, 0.15) is 50.3 Å². The van der Waals surface area contributed by atoms with Crippen LogP contribution < -0.4 is 15.8 Å². The predicted octanol–water partition coefficient (Wildman–Crippen LogP) is 2.61. The average Bonchev–Trinajstić information content (AvgIpc) is 2.49. The first-order valence-corrected chi connectivity index (χ1v) is 7.80. The Labute approximate surface area is 136 Å². The monoisotopic (exact) mass is 323 g/mol. The van der Waals surface area contributed by atoms with E-state index in [1.165, 1.54) is 6.07 Å². The van der Waals surface area contributed by atoms with Crippen LogP contribution >= 0.6 is 0 Å². The highest BCUT2D eigenvalue weighted by Crippen LogP contribution is 2.31. The molecule has 1 aromatic rings. The number of aryl methyl sites for hydroxylation is 1. The van der Waals surface area contributed by atoms with Gasteiger partial charge in [0.05, 0.1) is 17.6 Å². The lowest BCUT2D eigenvalue weighted by atomic mass is 10.0. The number of carbonyl (C=O) groups is 1. The smallest absolute Gasteiger partial charge is 0.277 e. The number of amides is 1. The first-order valence-electron chi connectivity index (χ1n) is 7.80. The minimum Gasteiger partial charge on any atom is -0.493 e. The van der Waals surface area contributed by atoms with E-state index in [0.29, 0.717) is 37.3 Å². The van der Waals surface area contributed by atoms with Gasteiger partial charge in [0, 0.05) is 24.6 Å². The molecule has 1 rings (SSSR count). The second-order valence-corrected chi connectivity index (χ2v) is 5.52. The number of nitrogens with one attached hydrogen (secondary N) is 1. The Morgan fingerprint density at radius 3 is 2.74 bits per heavy atom. The van der Waals surface area contributed by atoms with Gasteiger partial charge in [0.1, 0.15) is 5.75 Å². The van der Waals surface area contributed by atoms with Crippen molar-refractivity contribution in [2.24, 2.45) is 5.73 Å². The molecule has 0 aliphatic carbocycles. The third kappa shape index (κ3) is 5.86. The lowest BCUT2D eigenvalue weighted by Gasteiger charge is -2.13. The summed E-state index contributed by atoms with van der Waals surface area (Å²) in [6, 6.07) is 2.67. The number of benzene rings is 1. The fourth-order valence-corrected chi connectivity index (χ4v) is 2.15. The predicted molar refractivity (Wildman–Crippen MR) is 88.5 cm³/mol. The van der Waals surface area contributed by atoms with E-state index in [1.807, 2.05) is 13.8 Å². The van der Waals surface area contributed by atoms with Crippen molar-refractivity contribution in [1.29, 1.82) is 0 Å². The summed E-state index contributed by atoms with van der Waals surface area (Å²) in [6.45, 7) is 6.51. The molecule has 1 aromatic carbocycles. The maximum atomic E-state index is 11.5. The average molecular weight is 323 g/mol. The Morgan fingerprint density at radius 2 is 2.17 bits per heavy atom. The Hall–Kier alpha value is -2.15. The van der Waals surface area contributed by atoms with Gasteiger partial charge in [-0.2, -0.15) is 0 Å². The minimum absolute atomic E-state index is 0.00884. The summed E-state index contributed by atoms with van der Waals surface area (Å²) in [7, 11) is 0. The van der Waals surface area contributed by atoms with E-state index in [0.717, 1.165) is 12.0 Å². The number of ether oxygens (including phenoxy) is 1. The van der Waals surface area contributed by atoms with Crippen LogP contribution in [0, 0.1) is 17.0 Å². The number of nitro benzene ring substituents is 1. The number of nitrogens with zero attached hydrogens (tertiary/aromatic N) is 1. The molecular weight excluding hydrogens is 298 g/mol. The molecule has 0 fully saturated rings. The molecule has 0 radical (unpaired) electrons. The first kappa shape index (κ1) is 18.9. The van der Waals surface area contributed by atoms with Gasteiger partial charge in [0.15, 0.2) is 0 Å². The number of nitro groups is 1. The first-order chi connectivity index (χ1) is 10.9. The summed E-state index contributed by atoms with van der Waals surface area (Å²) < 4.78 is 5.59. The van der Waals surface area contributed by atoms with Crippen LogP contribution in [0.4, 0.5) is 5.69 Å². The van der Waals surface area contributed by atoms with Crippen molar-refractivity contribution >= 4 is 11.6 Å². The number of rotatable bonds is 9. The van der Waals surface area contributed by atoms with E-state index in [4.69, 9.17) is 10.5 Å².